The number of anilines is 1. The van der Waals surface area contributed by atoms with Crippen LogP contribution in [0.15, 0.2) is 42.5 Å². The molecule has 0 aliphatic carbocycles. The Morgan fingerprint density at radius 1 is 0.917 bits per heavy atom. The van der Waals surface area contributed by atoms with Crippen molar-refractivity contribution in [2.45, 2.75) is 20.8 Å². The molecular weight excluding hydrogens is 302 g/mol. The summed E-state index contributed by atoms with van der Waals surface area (Å²) in [5, 5.41) is 3.35. The van der Waals surface area contributed by atoms with Crippen molar-refractivity contribution < 1.29 is 14.2 Å². The van der Waals surface area contributed by atoms with E-state index >= 15 is 0 Å². The van der Waals surface area contributed by atoms with E-state index in [2.05, 4.69) is 31.3 Å². The van der Waals surface area contributed by atoms with E-state index in [1.807, 2.05) is 37.3 Å². The van der Waals surface area contributed by atoms with E-state index in [9.17, 15) is 0 Å². The normalized spacial score (nSPS) is 10.5. The molecule has 0 bridgehead atoms. The molecular formula is C20H27NO3. The van der Waals surface area contributed by atoms with Gasteiger partial charge >= 0.3 is 0 Å². The number of hydrogen-bond acceptors (Lipinski definition) is 4. The first kappa shape index (κ1) is 18.1. The highest BCUT2D eigenvalue weighted by Gasteiger charge is 2.00. The van der Waals surface area contributed by atoms with Gasteiger partial charge in [-0.25, -0.2) is 0 Å². The molecule has 0 aliphatic rings. The lowest BCUT2D eigenvalue weighted by Gasteiger charge is -2.12. The largest absolute Gasteiger partial charge is 0.491 e. The van der Waals surface area contributed by atoms with Crippen LogP contribution < -0.4 is 14.8 Å². The summed E-state index contributed by atoms with van der Waals surface area (Å²) in [5.41, 5.74) is 3.44. The topological polar surface area (TPSA) is 39.7 Å². The summed E-state index contributed by atoms with van der Waals surface area (Å²) >= 11 is 0. The molecule has 0 aromatic heterocycles. The molecule has 1 N–H and O–H groups in total. The third-order valence-electron chi connectivity index (χ3n) is 3.55. The fourth-order valence-corrected chi connectivity index (χ4v) is 2.38. The van der Waals surface area contributed by atoms with Crippen molar-refractivity contribution in [2.75, 3.05) is 38.3 Å². The lowest BCUT2D eigenvalue weighted by Crippen LogP contribution is -2.12. The number of benzene rings is 2. The van der Waals surface area contributed by atoms with Crippen molar-refractivity contribution in [3.05, 3.63) is 53.6 Å². The minimum atomic E-state index is 0.563. The smallest absolute Gasteiger partial charge is 0.122 e. The standard InChI is InChI=1S/C20H27NO3/c1-4-22-12-13-23-19-7-5-6-18(15-19)21-10-11-24-20-9-8-16(2)14-17(20)3/h5-9,14-15,21H,4,10-13H2,1-3H3. The number of ether oxygens (including phenoxy) is 3. The van der Waals surface area contributed by atoms with Crippen LogP contribution in [0.4, 0.5) is 5.69 Å². The average molecular weight is 329 g/mol. The van der Waals surface area contributed by atoms with Crippen molar-refractivity contribution >= 4 is 5.69 Å². The minimum absolute atomic E-state index is 0.563. The zero-order valence-electron chi connectivity index (χ0n) is 14.8. The molecule has 0 unspecified atom stereocenters. The van der Waals surface area contributed by atoms with Crippen molar-refractivity contribution in [3.63, 3.8) is 0 Å². The summed E-state index contributed by atoms with van der Waals surface area (Å²) in [4.78, 5) is 0. The van der Waals surface area contributed by atoms with Crippen LogP contribution in [0.5, 0.6) is 11.5 Å². The molecule has 0 amide bonds. The quantitative estimate of drug-likeness (QED) is 0.663. The molecule has 0 saturated carbocycles. The van der Waals surface area contributed by atoms with Gasteiger partial charge in [0.15, 0.2) is 0 Å². The Bertz CT molecular complexity index is 628. The summed E-state index contributed by atoms with van der Waals surface area (Å²) in [5.74, 6) is 1.78. The lowest BCUT2D eigenvalue weighted by molar-refractivity contribution is 0.110. The first-order valence-corrected chi connectivity index (χ1v) is 8.43. The van der Waals surface area contributed by atoms with Crippen LogP contribution in [-0.4, -0.2) is 33.0 Å². The molecule has 2 aromatic carbocycles. The van der Waals surface area contributed by atoms with Crippen LogP contribution in [0, 0.1) is 13.8 Å². The third kappa shape index (κ3) is 6.13. The van der Waals surface area contributed by atoms with Gasteiger partial charge in [-0.15, -0.1) is 0 Å². The summed E-state index contributed by atoms with van der Waals surface area (Å²) in [6, 6.07) is 14.2. The number of hydrogen-bond donors (Lipinski definition) is 1. The second kappa shape index (κ2) is 9.83. The second-order valence-corrected chi connectivity index (χ2v) is 5.62. The molecule has 0 atom stereocenters. The van der Waals surface area contributed by atoms with Gasteiger partial charge in [0.2, 0.25) is 0 Å². The van der Waals surface area contributed by atoms with Crippen molar-refractivity contribution in [1.82, 2.24) is 0 Å². The molecule has 24 heavy (non-hydrogen) atoms. The minimum Gasteiger partial charge on any atom is -0.491 e. The van der Waals surface area contributed by atoms with E-state index in [0.717, 1.165) is 23.7 Å². The first-order valence-electron chi connectivity index (χ1n) is 8.43. The number of nitrogens with one attached hydrogen (secondary N) is 1. The summed E-state index contributed by atoms with van der Waals surface area (Å²) in [7, 11) is 0. The van der Waals surface area contributed by atoms with E-state index in [1.54, 1.807) is 0 Å². The van der Waals surface area contributed by atoms with Crippen LogP contribution in [0.3, 0.4) is 0 Å². The molecule has 0 saturated heterocycles. The Kier molecular flexibility index (Phi) is 7.43. The van der Waals surface area contributed by atoms with E-state index in [0.29, 0.717) is 26.4 Å². The Labute approximate surface area is 144 Å². The van der Waals surface area contributed by atoms with Crippen LogP contribution in [0.25, 0.3) is 0 Å². The zero-order chi connectivity index (χ0) is 17.2. The van der Waals surface area contributed by atoms with Crippen LogP contribution in [-0.2, 0) is 4.74 Å². The van der Waals surface area contributed by atoms with Gasteiger partial charge in [0.25, 0.3) is 0 Å². The monoisotopic (exact) mass is 329 g/mol. The maximum atomic E-state index is 5.83. The Morgan fingerprint density at radius 3 is 2.58 bits per heavy atom. The van der Waals surface area contributed by atoms with Gasteiger partial charge < -0.3 is 19.5 Å². The third-order valence-corrected chi connectivity index (χ3v) is 3.55. The van der Waals surface area contributed by atoms with Gasteiger partial charge in [0.1, 0.15) is 24.7 Å². The Morgan fingerprint density at radius 2 is 1.79 bits per heavy atom. The summed E-state index contributed by atoms with van der Waals surface area (Å²) < 4.78 is 16.7. The van der Waals surface area contributed by atoms with Gasteiger partial charge in [-0.1, -0.05) is 23.8 Å². The van der Waals surface area contributed by atoms with Gasteiger partial charge in [-0.3, -0.25) is 0 Å². The van der Waals surface area contributed by atoms with Crippen molar-refractivity contribution in [3.8, 4) is 11.5 Å². The molecule has 0 fully saturated rings. The van der Waals surface area contributed by atoms with Gasteiger partial charge in [0, 0.05) is 24.9 Å². The van der Waals surface area contributed by atoms with E-state index in [-0.39, 0.29) is 0 Å². The van der Waals surface area contributed by atoms with Gasteiger partial charge in [0.05, 0.1) is 6.61 Å². The Balaban J connectivity index is 1.73. The molecule has 0 spiro atoms. The number of rotatable bonds is 10. The molecule has 130 valence electrons. The summed E-state index contributed by atoms with van der Waals surface area (Å²) in [6.45, 7) is 9.36. The highest BCUT2D eigenvalue weighted by Crippen LogP contribution is 2.19. The predicted octanol–water partition coefficient (Wildman–Crippen LogP) is 4.21. The molecule has 0 radical (unpaired) electrons. The lowest BCUT2D eigenvalue weighted by atomic mass is 10.1. The highest BCUT2D eigenvalue weighted by molar-refractivity contribution is 5.48. The average Bonchev–Trinajstić information content (AvgIpc) is 2.58. The fraction of sp³-hybridized carbons (Fsp3) is 0.400. The Hall–Kier alpha value is -2.20. The molecule has 2 aromatic rings. The molecule has 0 heterocycles. The summed E-state index contributed by atoms with van der Waals surface area (Å²) in [6.07, 6.45) is 0. The second-order valence-electron chi connectivity index (χ2n) is 5.62. The SMILES string of the molecule is CCOCCOc1cccc(NCCOc2ccc(C)cc2C)c1. The van der Waals surface area contributed by atoms with Gasteiger partial charge in [-0.05, 0) is 44.5 Å². The molecule has 2 rings (SSSR count). The zero-order valence-corrected chi connectivity index (χ0v) is 14.8. The van der Waals surface area contributed by atoms with Crippen LogP contribution >= 0.6 is 0 Å². The maximum Gasteiger partial charge on any atom is 0.122 e. The van der Waals surface area contributed by atoms with Crippen molar-refractivity contribution in [2.24, 2.45) is 0 Å². The molecule has 4 nitrogen and oxygen atoms in total. The first-order chi connectivity index (χ1) is 11.7. The van der Waals surface area contributed by atoms with E-state index < -0.39 is 0 Å². The highest BCUT2D eigenvalue weighted by atomic mass is 16.5. The molecule has 4 heteroatoms. The number of aryl methyl sites for hydroxylation is 2. The maximum absolute atomic E-state index is 5.83. The fourth-order valence-electron chi connectivity index (χ4n) is 2.38. The van der Waals surface area contributed by atoms with Crippen LogP contribution in [0.1, 0.15) is 18.1 Å². The van der Waals surface area contributed by atoms with E-state index in [1.165, 1.54) is 11.1 Å². The van der Waals surface area contributed by atoms with E-state index in [4.69, 9.17) is 14.2 Å². The van der Waals surface area contributed by atoms with Crippen LogP contribution in [0.2, 0.25) is 0 Å². The van der Waals surface area contributed by atoms with Gasteiger partial charge in [-0.2, -0.15) is 0 Å². The predicted molar refractivity (Wildman–Crippen MR) is 98.3 cm³/mol. The van der Waals surface area contributed by atoms with Crippen molar-refractivity contribution in [1.29, 1.82) is 0 Å². The molecule has 0 aliphatic heterocycles.